The van der Waals surface area contributed by atoms with Crippen molar-refractivity contribution >= 4 is 17.9 Å². The van der Waals surface area contributed by atoms with Crippen LogP contribution >= 0.6 is 0 Å². The Balaban J connectivity index is 4.21. The molecule has 52 heavy (non-hydrogen) atoms. The highest BCUT2D eigenvalue weighted by Gasteiger charge is 2.19. The lowest BCUT2D eigenvalue weighted by Gasteiger charge is -2.18. The number of unbranched alkanes of at least 4 members (excludes halogenated alkanes) is 25. The quantitative estimate of drug-likeness (QED) is 0.0354. The summed E-state index contributed by atoms with van der Waals surface area (Å²) < 4.78 is 16.7. The van der Waals surface area contributed by atoms with Crippen molar-refractivity contribution in [3.05, 3.63) is 0 Å². The molecule has 0 N–H and O–H groups in total. The van der Waals surface area contributed by atoms with E-state index in [0.29, 0.717) is 19.3 Å². The molecule has 0 fully saturated rings. The molecule has 0 aromatic rings. The van der Waals surface area contributed by atoms with Crippen molar-refractivity contribution in [1.82, 2.24) is 0 Å². The summed E-state index contributed by atoms with van der Waals surface area (Å²) in [5, 5.41) is 0. The predicted octanol–water partition coefficient (Wildman–Crippen LogP) is 14.2. The third-order valence-electron chi connectivity index (χ3n) is 10.2. The standard InChI is InChI=1S/C46H88O6/c1-6-7-8-9-19-28-33-38-46(49)52-43(40-51-45(48)37-32-27-23-18-17-21-25-30-35-42(4)5)39-50-44(47)36-31-26-22-16-14-12-10-11-13-15-20-24-29-34-41(2)3/h41-43H,6-40H2,1-5H3/t43-/m1/s1. The Morgan fingerprint density at radius 3 is 0.942 bits per heavy atom. The topological polar surface area (TPSA) is 78.9 Å². The van der Waals surface area contributed by atoms with Gasteiger partial charge in [-0.15, -0.1) is 0 Å². The molecule has 308 valence electrons. The van der Waals surface area contributed by atoms with Gasteiger partial charge in [0.15, 0.2) is 6.10 Å². The largest absolute Gasteiger partial charge is 0.462 e. The average molecular weight is 737 g/mol. The maximum atomic E-state index is 12.6. The van der Waals surface area contributed by atoms with Gasteiger partial charge in [-0.25, -0.2) is 0 Å². The molecule has 0 radical (unpaired) electrons. The van der Waals surface area contributed by atoms with E-state index in [0.717, 1.165) is 69.6 Å². The van der Waals surface area contributed by atoms with Crippen LogP contribution in [0.2, 0.25) is 0 Å². The molecular weight excluding hydrogens is 649 g/mol. The van der Waals surface area contributed by atoms with E-state index in [1.54, 1.807) is 0 Å². The summed E-state index contributed by atoms with van der Waals surface area (Å²) in [6.45, 7) is 11.3. The van der Waals surface area contributed by atoms with E-state index in [-0.39, 0.29) is 31.1 Å². The first-order valence-corrected chi connectivity index (χ1v) is 22.7. The van der Waals surface area contributed by atoms with Crippen LogP contribution in [-0.2, 0) is 28.6 Å². The summed E-state index contributed by atoms with van der Waals surface area (Å²) in [5.41, 5.74) is 0. The lowest BCUT2D eigenvalue weighted by molar-refractivity contribution is -0.167. The minimum absolute atomic E-state index is 0.0655. The van der Waals surface area contributed by atoms with Gasteiger partial charge < -0.3 is 14.2 Å². The number of carbonyl (C=O) groups excluding carboxylic acids is 3. The monoisotopic (exact) mass is 737 g/mol. The van der Waals surface area contributed by atoms with Crippen LogP contribution in [-0.4, -0.2) is 37.2 Å². The molecule has 6 nitrogen and oxygen atoms in total. The molecule has 0 amide bonds. The lowest BCUT2D eigenvalue weighted by Crippen LogP contribution is -2.30. The fourth-order valence-electron chi connectivity index (χ4n) is 6.75. The van der Waals surface area contributed by atoms with Gasteiger partial charge in [0.05, 0.1) is 0 Å². The Labute approximate surface area is 323 Å². The average Bonchev–Trinajstić information content (AvgIpc) is 3.11. The van der Waals surface area contributed by atoms with Crippen LogP contribution in [0.1, 0.15) is 247 Å². The van der Waals surface area contributed by atoms with E-state index in [2.05, 4.69) is 34.6 Å². The summed E-state index contributed by atoms with van der Waals surface area (Å²) in [5.74, 6) is 0.771. The zero-order valence-corrected chi connectivity index (χ0v) is 35.4. The molecule has 0 aromatic carbocycles. The number of hydrogen-bond acceptors (Lipinski definition) is 6. The van der Waals surface area contributed by atoms with Gasteiger partial charge in [0, 0.05) is 19.3 Å². The van der Waals surface area contributed by atoms with E-state index >= 15 is 0 Å². The summed E-state index contributed by atoms with van der Waals surface area (Å²) in [4.78, 5) is 37.6. The Morgan fingerprint density at radius 1 is 0.365 bits per heavy atom. The Hall–Kier alpha value is -1.59. The van der Waals surface area contributed by atoms with Crippen molar-refractivity contribution in [2.24, 2.45) is 11.8 Å². The number of carbonyl (C=O) groups is 3. The minimum Gasteiger partial charge on any atom is -0.462 e. The van der Waals surface area contributed by atoms with Crippen LogP contribution in [0, 0.1) is 11.8 Å². The zero-order valence-electron chi connectivity index (χ0n) is 35.4. The van der Waals surface area contributed by atoms with Gasteiger partial charge in [-0.2, -0.15) is 0 Å². The third kappa shape index (κ3) is 39.6. The molecule has 0 bridgehead atoms. The highest BCUT2D eigenvalue weighted by atomic mass is 16.6. The van der Waals surface area contributed by atoms with Gasteiger partial charge in [0.25, 0.3) is 0 Å². The second-order valence-electron chi connectivity index (χ2n) is 16.6. The summed E-state index contributed by atoms with van der Waals surface area (Å²) in [6, 6.07) is 0. The highest BCUT2D eigenvalue weighted by molar-refractivity contribution is 5.71. The van der Waals surface area contributed by atoms with E-state index in [1.807, 2.05) is 0 Å². The van der Waals surface area contributed by atoms with Crippen LogP contribution in [0.25, 0.3) is 0 Å². The summed E-state index contributed by atoms with van der Waals surface area (Å²) in [7, 11) is 0. The molecule has 0 saturated carbocycles. The van der Waals surface area contributed by atoms with Gasteiger partial charge >= 0.3 is 17.9 Å². The number of ether oxygens (including phenoxy) is 3. The first kappa shape index (κ1) is 50.4. The zero-order chi connectivity index (χ0) is 38.3. The van der Waals surface area contributed by atoms with E-state index < -0.39 is 6.10 Å². The number of hydrogen-bond donors (Lipinski definition) is 0. The molecule has 0 heterocycles. The molecule has 0 aliphatic heterocycles. The molecule has 0 saturated heterocycles. The van der Waals surface area contributed by atoms with Gasteiger partial charge in [0.1, 0.15) is 13.2 Å². The van der Waals surface area contributed by atoms with Crippen molar-refractivity contribution < 1.29 is 28.6 Å². The first-order valence-electron chi connectivity index (χ1n) is 22.7. The van der Waals surface area contributed by atoms with Crippen LogP contribution in [0.5, 0.6) is 0 Å². The first-order chi connectivity index (χ1) is 25.2. The fourth-order valence-corrected chi connectivity index (χ4v) is 6.75. The maximum absolute atomic E-state index is 12.6. The van der Waals surface area contributed by atoms with Crippen LogP contribution < -0.4 is 0 Å². The minimum atomic E-state index is -0.759. The Morgan fingerprint density at radius 2 is 0.635 bits per heavy atom. The normalized spacial score (nSPS) is 12.1. The number of esters is 3. The molecular formula is C46H88O6. The third-order valence-corrected chi connectivity index (χ3v) is 10.2. The van der Waals surface area contributed by atoms with Crippen LogP contribution in [0.15, 0.2) is 0 Å². The second-order valence-corrected chi connectivity index (χ2v) is 16.6. The lowest BCUT2D eigenvalue weighted by atomic mass is 10.0. The SMILES string of the molecule is CCCCCCCCCC(=O)O[C@H](COC(=O)CCCCCCCCCCCCCCCC(C)C)COC(=O)CCCCCCCCCCC(C)C. The summed E-state index contributed by atoms with van der Waals surface area (Å²) in [6.07, 6.45) is 36.8. The van der Waals surface area contributed by atoms with Crippen molar-refractivity contribution in [1.29, 1.82) is 0 Å². The molecule has 0 aliphatic carbocycles. The smallest absolute Gasteiger partial charge is 0.306 e. The highest BCUT2D eigenvalue weighted by Crippen LogP contribution is 2.16. The van der Waals surface area contributed by atoms with Crippen LogP contribution in [0.3, 0.4) is 0 Å². The van der Waals surface area contributed by atoms with E-state index in [1.165, 1.54) is 135 Å². The van der Waals surface area contributed by atoms with Crippen LogP contribution in [0.4, 0.5) is 0 Å². The summed E-state index contributed by atoms with van der Waals surface area (Å²) >= 11 is 0. The molecule has 0 aliphatic rings. The molecule has 0 spiro atoms. The molecule has 0 unspecified atom stereocenters. The predicted molar refractivity (Wildman–Crippen MR) is 220 cm³/mol. The van der Waals surface area contributed by atoms with Gasteiger partial charge in [-0.05, 0) is 31.1 Å². The van der Waals surface area contributed by atoms with Crippen molar-refractivity contribution in [2.45, 2.75) is 253 Å². The Kier molecular flexibility index (Phi) is 37.9. The van der Waals surface area contributed by atoms with E-state index in [4.69, 9.17) is 14.2 Å². The van der Waals surface area contributed by atoms with E-state index in [9.17, 15) is 14.4 Å². The van der Waals surface area contributed by atoms with Gasteiger partial charge in [0.2, 0.25) is 0 Å². The van der Waals surface area contributed by atoms with Gasteiger partial charge in [-0.1, -0.05) is 208 Å². The molecule has 0 rings (SSSR count). The molecule has 1 atom stereocenters. The number of rotatable bonds is 40. The van der Waals surface area contributed by atoms with Crippen molar-refractivity contribution in [2.75, 3.05) is 13.2 Å². The molecule has 6 heteroatoms. The van der Waals surface area contributed by atoms with Crippen molar-refractivity contribution in [3.8, 4) is 0 Å². The second kappa shape index (κ2) is 39.1. The van der Waals surface area contributed by atoms with Gasteiger partial charge in [-0.3, -0.25) is 14.4 Å². The molecule has 0 aromatic heterocycles. The fraction of sp³-hybridized carbons (Fsp3) is 0.935. The van der Waals surface area contributed by atoms with Crippen molar-refractivity contribution in [3.63, 3.8) is 0 Å². The Bertz CT molecular complexity index is 794. The maximum Gasteiger partial charge on any atom is 0.306 e.